The Morgan fingerprint density at radius 2 is 2.00 bits per heavy atom. The maximum atomic E-state index is 12.2. The summed E-state index contributed by atoms with van der Waals surface area (Å²) in [5.74, 6) is 1.78. The monoisotopic (exact) mass is 328 g/mol. The second-order valence-corrected chi connectivity index (χ2v) is 6.49. The van der Waals surface area contributed by atoms with Crippen molar-refractivity contribution < 1.29 is 14.3 Å². The molecule has 5 nitrogen and oxygen atoms in total. The van der Waals surface area contributed by atoms with Crippen molar-refractivity contribution in [2.75, 3.05) is 13.1 Å². The van der Waals surface area contributed by atoms with E-state index >= 15 is 0 Å². The van der Waals surface area contributed by atoms with Gasteiger partial charge in [0.25, 0.3) is 0 Å². The van der Waals surface area contributed by atoms with E-state index < -0.39 is 0 Å². The Balaban J connectivity index is 1.57. The number of aromatic hydroxyl groups is 1. The van der Waals surface area contributed by atoms with Crippen LogP contribution in [-0.4, -0.2) is 29.0 Å². The SMILES string of the molecule is O=C(CN(Cc1ccc(O)cc1)Cc1ccco1)NCC1CCC1. The first-order chi connectivity index (χ1) is 11.7. The van der Waals surface area contributed by atoms with Crippen molar-refractivity contribution in [1.29, 1.82) is 0 Å². The first kappa shape index (κ1) is 16.6. The Kier molecular flexibility index (Phi) is 5.54. The fourth-order valence-electron chi connectivity index (χ4n) is 2.86. The number of phenolic OH excluding ortho intramolecular Hbond substituents is 1. The van der Waals surface area contributed by atoms with Gasteiger partial charge in [0.15, 0.2) is 0 Å². The summed E-state index contributed by atoms with van der Waals surface area (Å²) in [5, 5.41) is 12.4. The van der Waals surface area contributed by atoms with Crippen LogP contribution in [0.2, 0.25) is 0 Å². The van der Waals surface area contributed by atoms with Crippen LogP contribution in [0.3, 0.4) is 0 Å². The zero-order chi connectivity index (χ0) is 16.8. The number of nitrogens with one attached hydrogen (secondary N) is 1. The molecule has 1 amide bonds. The molecule has 1 aromatic carbocycles. The van der Waals surface area contributed by atoms with Crippen molar-refractivity contribution in [3.05, 3.63) is 54.0 Å². The van der Waals surface area contributed by atoms with Gasteiger partial charge in [0.2, 0.25) is 5.91 Å². The number of nitrogens with zero attached hydrogens (tertiary/aromatic N) is 1. The van der Waals surface area contributed by atoms with E-state index in [1.54, 1.807) is 18.4 Å². The van der Waals surface area contributed by atoms with Crippen molar-refractivity contribution in [3.8, 4) is 5.75 Å². The summed E-state index contributed by atoms with van der Waals surface area (Å²) in [6, 6.07) is 10.8. The summed E-state index contributed by atoms with van der Waals surface area (Å²) < 4.78 is 5.41. The van der Waals surface area contributed by atoms with E-state index in [1.807, 2.05) is 29.2 Å². The van der Waals surface area contributed by atoms with Gasteiger partial charge in [-0.05, 0) is 48.6 Å². The molecule has 0 saturated heterocycles. The highest BCUT2D eigenvalue weighted by atomic mass is 16.3. The molecule has 1 fully saturated rings. The van der Waals surface area contributed by atoms with Crippen LogP contribution in [0.15, 0.2) is 47.1 Å². The molecule has 1 aromatic heterocycles. The molecule has 0 bridgehead atoms. The summed E-state index contributed by atoms with van der Waals surface area (Å²) in [6.07, 6.45) is 5.38. The highest BCUT2D eigenvalue weighted by Crippen LogP contribution is 2.25. The molecular weight excluding hydrogens is 304 g/mol. The van der Waals surface area contributed by atoms with Crippen molar-refractivity contribution >= 4 is 5.91 Å². The third-order valence-electron chi connectivity index (χ3n) is 4.48. The molecule has 2 aromatic rings. The summed E-state index contributed by atoms with van der Waals surface area (Å²) >= 11 is 0. The summed E-state index contributed by atoms with van der Waals surface area (Å²) in [4.78, 5) is 14.3. The number of benzene rings is 1. The van der Waals surface area contributed by atoms with Crippen LogP contribution in [0.1, 0.15) is 30.6 Å². The number of carbonyl (C=O) groups is 1. The summed E-state index contributed by atoms with van der Waals surface area (Å²) in [7, 11) is 0. The zero-order valence-electron chi connectivity index (χ0n) is 13.8. The number of carbonyl (C=O) groups excluding carboxylic acids is 1. The normalized spacial score (nSPS) is 14.5. The van der Waals surface area contributed by atoms with Gasteiger partial charge in [-0.2, -0.15) is 0 Å². The topological polar surface area (TPSA) is 65.7 Å². The minimum Gasteiger partial charge on any atom is -0.508 e. The molecule has 0 unspecified atom stereocenters. The highest BCUT2D eigenvalue weighted by molar-refractivity contribution is 5.78. The van der Waals surface area contributed by atoms with Crippen molar-refractivity contribution in [1.82, 2.24) is 10.2 Å². The molecule has 5 heteroatoms. The van der Waals surface area contributed by atoms with Crippen LogP contribution in [0.5, 0.6) is 5.75 Å². The first-order valence-corrected chi connectivity index (χ1v) is 8.48. The average Bonchev–Trinajstić information content (AvgIpc) is 3.01. The number of hydrogen-bond donors (Lipinski definition) is 2. The van der Waals surface area contributed by atoms with Gasteiger partial charge in [-0.1, -0.05) is 18.6 Å². The third kappa shape index (κ3) is 4.86. The molecule has 24 heavy (non-hydrogen) atoms. The molecule has 1 aliphatic rings. The van der Waals surface area contributed by atoms with Crippen LogP contribution in [0.25, 0.3) is 0 Å². The minimum absolute atomic E-state index is 0.0484. The fraction of sp³-hybridized carbons (Fsp3) is 0.421. The Labute approximate surface area is 142 Å². The second kappa shape index (κ2) is 8.02. The molecule has 128 valence electrons. The largest absolute Gasteiger partial charge is 0.508 e. The molecule has 0 atom stereocenters. The minimum atomic E-state index is 0.0484. The molecule has 2 N–H and O–H groups in total. The Hall–Kier alpha value is -2.27. The molecular formula is C19H24N2O3. The number of amides is 1. The Morgan fingerprint density at radius 3 is 2.62 bits per heavy atom. The lowest BCUT2D eigenvalue weighted by Crippen LogP contribution is -2.39. The van der Waals surface area contributed by atoms with Gasteiger partial charge in [-0.15, -0.1) is 0 Å². The molecule has 1 saturated carbocycles. The van der Waals surface area contributed by atoms with Gasteiger partial charge in [0.1, 0.15) is 11.5 Å². The zero-order valence-corrected chi connectivity index (χ0v) is 13.8. The summed E-state index contributed by atoms with van der Waals surface area (Å²) in [6.45, 7) is 2.31. The van der Waals surface area contributed by atoms with Gasteiger partial charge >= 0.3 is 0 Å². The maximum Gasteiger partial charge on any atom is 0.234 e. The van der Waals surface area contributed by atoms with Gasteiger partial charge in [-0.25, -0.2) is 0 Å². The van der Waals surface area contributed by atoms with E-state index in [0.717, 1.165) is 17.9 Å². The van der Waals surface area contributed by atoms with Gasteiger partial charge < -0.3 is 14.8 Å². The third-order valence-corrected chi connectivity index (χ3v) is 4.48. The highest BCUT2D eigenvalue weighted by Gasteiger charge is 2.19. The van der Waals surface area contributed by atoms with Crippen LogP contribution >= 0.6 is 0 Å². The molecule has 0 aliphatic heterocycles. The number of phenols is 1. The van der Waals surface area contributed by atoms with Crippen LogP contribution in [0, 0.1) is 5.92 Å². The fourth-order valence-corrected chi connectivity index (χ4v) is 2.86. The van der Waals surface area contributed by atoms with E-state index in [4.69, 9.17) is 4.42 Å². The van der Waals surface area contributed by atoms with E-state index in [0.29, 0.717) is 25.6 Å². The van der Waals surface area contributed by atoms with E-state index in [2.05, 4.69) is 5.32 Å². The lowest BCUT2D eigenvalue weighted by molar-refractivity contribution is -0.122. The van der Waals surface area contributed by atoms with Crippen LogP contribution < -0.4 is 5.32 Å². The predicted octanol–water partition coefficient (Wildman–Crippen LogP) is 2.90. The van der Waals surface area contributed by atoms with Crippen molar-refractivity contribution in [2.24, 2.45) is 5.92 Å². The summed E-state index contributed by atoms with van der Waals surface area (Å²) in [5.41, 5.74) is 1.05. The van der Waals surface area contributed by atoms with Gasteiger partial charge in [0, 0.05) is 13.1 Å². The van der Waals surface area contributed by atoms with Gasteiger partial charge in [0.05, 0.1) is 19.4 Å². The second-order valence-electron chi connectivity index (χ2n) is 6.49. The predicted molar refractivity (Wildman–Crippen MR) is 91.3 cm³/mol. The maximum absolute atomic E-state index is 12.2. The molecule has 1 aliphatic carbocycles. The Bertz CT molecular complexity index is 633. The molecule has 0 spiro atoms. The number of rotatable bonds is 8. The average molecular weight is 328 g/mol. The van der Waals surface area contributed by atoms with E-state index in [-0.39, 0.29) is 11.7 Å². The molecule has 3 rings (SSSR count). The smallest absolute Gasteiger partial charge is 0.234 e. The van der Waals surface area contributed by atoms with E-state index in [1.165, 1.54) is 19.3 Å². The van der Waals surface area contributed by atoms with Crippen LogP contribution in [-0.2, 0) is 17.9 Å². The molecule has 0 radical (unpaired) electrons. The van der Waals surface area contributed by atoms with E-state index in [9.17, 15) is 9.90 Å². The van der Waals surface area contributed by atoms with Crippen molar-refractivity contribution in [2.45, 2.75) is 32.4 Å². The quantitative estimate of drug-likeness (QED) is 0.782. The standard InChI is InChI=1S/C19H24N2O3/c22-17-8-6-16(7-9-17)12-21(13-18-5-2-10-24-18)14-19(23)20-11-15-3-1-4-15/h2,5-10,15,22H,1,3-4,11-14H2,(H,20,23). The lowest BCUT2D eigenvalue weighted by atomic mass is 9.85. The first-order valence-electron chi connectivity index (χ1n) is 8.48. The Morgan fingerprint density at radius 1 is 1.21 bits per heavy atom. The van der Waals surface area contributed by atoms with Crippen molar-refractivity contribution in [3.63, 3.8) is 0 Å². The molecule has 1 heterocycles. The van der Waals surface area contributed by atoms with Gasteiger partial charge in [-0.3, -0.25) is 9.69 Å². The lowest BCUT2D eigenvalue weighted by Gasteiger charge is -2.26. The number of furan rings is 1. The van der Waals surface area contributed by atoms with Crippen LogP contribution in [0.4, 0.5) is 0 Å². The number of hydrogen-bond acceptors (Lipinski definition) is 4.